The number of halogens is 3. The summed E-state index contributed by atoms with van der Waals surface area (Å²) in [5.41, 5.74) is 9.86. The molecule has 0 spiro atoms. The predicted octanol–water partition coefficient (Wildman–Crippen LogP) is 0.905. The highest BCUT2D eigenvalue weighted by molar-refractivity contribution is 6.73. The average Bonchev–Trinajstić information content (AvgIpc) is 1.92. The van der Waals surface area contributed by atoms with E-state index in [0.29, 0.717) is 0 Å². The Labute approximate surface area is 67.4 Å². The van der Waals surface area contributed by atoms with Crippen LogP contribution in [-0.4, -0.2) is 6.98 Å². The highest BCUT2D eigenvalue weighted by Gasteiger charge is 2.25. The van der Waals surface area contributed by atoms with Gasteiger partial charge in [0.1, 0.15) is 0 Å². The van der Waals surface area contributed by atoms with E-state index in [2.05, 4.69) is 0 Å². The molecule has 1 rings (SSSR count). The molecule has 0 saturated carbocycles. The van der Waals surface area contributed by atoms with E-state index < -0.39 is 12.4 Å². The number of nitrogens with two attached hydrogens (primary N) is 2. The van der Waals surface area contributed by atoms with Crippen molar-refractivity contribution < 1.29 is 12.9 Å². The van der Waals surface area contributed by atoms with E-state index in [1.165, 1.54) is 0 Å². The van der Waals surface area contributed by atoms with Crippen LogP contribution in [-0.2, 0) is 0 Å². The minimum absolute atomic E-state index is 0.0355. The molecule has 0 saturated heterocycles. The molecule has 0 atom stereocenters. The molecule has 4 N–H and O–H groups in total. The molecule has 1 aromatic carbocycles. The summed E-state index contributed by atoms with van der Waals surface area (Å²) in [7, 11) is 0. The van der Waals surface area contributed by atoms with E-state index in [0.717, 1.165) is 18.2 Å². The number of benzene rings is 1. The zero-order chi connectivity index (χ0) is 9.35. The van der Waals surface area contributed by atoms with Gasteiger partial charge in [-0.05, 0) is 6.07 Å². The lowest BCUT2D eigenvalue weighted by molar-refractivity contribution is 0.501. The maximum atomic E-state index is 12.1. The Kier molecular flexibility index (Phi) is 1.91. The van der Waals surface area contributed by atoms with Crippen LogP contribution in [0.2, 0.25) is 0 Å². The number of nitrogen functional groups attached to an aromatic ring is 2. The maximum Gasteiger partial charge on any atom is 0.509 e. The van der Waals surface area contributed by atoms with Gasteiger partial charge in [0.15, 0.2) is 0 Å². The number of hydrogen-bond donors (Lipinski definition) is 2. The minimum atomic E-state index is -4.97. The highest BCUT2D eigenvalue weighted by Crippen LogP contribution is 2.15. The Morgan fingerprint density at radius 3 is 2.00 bits per heavy atom. The number of anilines is 2. The van der Waals surface area contributed by atoms with Crippen molar-refractivity contribution in [2.24, 2.45) is 0 Å². The van der Waals surface area contributed by atoms with Crippen molar-refractivity contribution in [1.29, 1.82) is 0 Å². The summed E-state index contributed by atoms with van der Waals surface area (Å²) in [6.45, 7) is -4.97. The van der Waals surface area contributed by atoms with Crippen LogP contribution in [0.3, 0.4) is 0 Å². The molecule has 0 aliphatic rings. The normalized spacial score (nSPS) is 11.6. The van der Waals surface area contributed by atoms with Crippen LogP contribution in [0.1, 0.15) is 0 Å². The van der Waals surface area contributed by atoms with Crippen LogP contribution < -0.4 is 16.9 Å². The van der Waals surface area contributed by atoms with Crippen LogP contribution >= 0.6 is 0 Å². The smallest absolute Gasteiger partial charge is 0.445 e. The SMILES string of the molecule is Nc1ccc([B-](F)(F)F)cc1N. The fourth-order valence-corrected chi connectivity index (χ4v) is 0.797. The lowest BCUT2D eigenvalue weighted by atomic mass is 9.80. The Hall–Kier alpha value is -1.33. The summed E-state index contributed by atoms with van der Waals surface area (Å²) in [6.07, 6.45) is 0. The van der Waals surface area contributed by atoms with Gasteiger partial charge >= 0.3 is 6.98 Å². The molecule has 0 bridgehead atoms. The van der Waals surface area contributed by atoms with E-state index in [-0.39, 0.29) is 11.4 Å². The Morgan fingerprint density at radius 2 is 1.58 bits per heavy atom. The van der Waals surface area contributed by atoms with Gasteiger partial charge in [0.05, 0.1) is 11.4 Å². The summed E-state index contributed by atoms with van der Waals surface area (Å²) < 4.78 is 36.2. The molecule has 0 heterocycles. The molecule has 12 heavy (non-hydrogen) atoms. The first-order valence-electron chi connectivity index (χ1n) is 3.26. The summed E-state index contributed by atoms with van der Waals surface area (Å²) in [5, 5.41) is 0. The van der Waals surface area contributed by atoms with Gasteiger partial charge in [-0.2, -0.15) is 0 Å². The molecule has 66 valence electrons. The third kappa shape index (κ3) is 1.64. The second-order valence-corrected chi connectivity index (χ2v) is 2.46. The summed E-state index contributed by atoms with van der Waals surface area (Å²) >= 11 is 0. The van der Waals surface area contributed by atoms with Gasteiger partial charge in [-0.3, -0.25) is 0 Å². The zero-order valence-electron chi connectivity index (χ0n) is 6.10. The van der Waals surface area contributed by atoms with E-state index in [1.54, 1.807) is 0 Å². The van der Waals surface area contributed by atoms with E-state index in [9.17, 15) is 12.9 Å². The van der Waals surface area contributed by atoms with E-state index in [4.69, 9.17) is 11.5 Å². The topological polar surface area (TPSA) is 52.0 Å². The van der Waals surface area contributed by atoms with E-state index in [1.807, 2.05) is 0 Å². The standard InChI is InChI=1S/C6H7BF3N2/c8-7(9,10)4-1-2-5(11)6(12)3-4/h1-3H,11-12H2/q-1. The molecule has 2 nitrogen and oxygen atoms in total. The van der Waals surface area contributed by atoms with Gasteiger partial charge in [0, 0.05) is 0 Å². The average molecular weight is 175 g/mol. The molecule has 0 aliphatic heterocycles. The second kappa shape index (κ2) is 2.62. The van der Waals surface area contributed by atoms with E-state index >= 15 is 0 Å². The third-order valence-electron chi connectivity index (χ3n) is 1.49. The van der Waals surface area contributed by atoms with Crippen LogP contribution in [0, 0.1) is 0 Å². The first-order valence-corrected chi connectivity index (χ1v) is 3.26. The predicted molar refractivity (Wildman–Crippen MR) is 44.0 cm³/mol. The van der Waals surface area contributed by atoms with Crippen molar-refractivity contribution in [3.05, 3.63) is 18.2 Å². The van der Waals surface area contributed by atoms with Gasteiger partial charge in [-0.25, -0.2) is 0 Å². The zero-order valence-corrected chi connectivity index (χ0v) is 6.10. The number of hydrogen-bond acceptors (Lipinski definition) is 2. The molecular weight excluding hydrogens is 168 g/mol. The lowest BCUT2D eigenvalue weighted by Gasteiger charge is -2.15. The van der Waals surface area contributed by atoms with Crippen molar-refractivity contribution in [3.8, 4) is 0 Å². The fourth-order valence-electron chi connectivity index (χ4n) is 0.797. The first kappa shape index (κ1) is 8.77. The van der Waals surface area contributed by atoms with Crippen molar-refractivity contribution in [3.63, 3.8) is 0 Å². The summed E-state index contributed by atoms with van der Waals surface area (Å²) in [4.78, 5) is 0. The molecule has 0 radical (unpaired) electrons. The molecular formula is C6H7BF3N2-. The quantitative estimate of drug-likeness (QED) is 0.492. The molecule has 1 aromatic rings. The van der Waals surface area contributed by atoms with Gasteiger partial charge in [0.2, 0.25) is 0 Å². The monoisotopic (exact) mass is 175 g/mol. The molecule has 0 fully saturated rings. The Bertz CT molecular complexity index is 297. The number of rotatable bonds is 1. The van der Waals surface area contributed by atoms with Crippen LogP contribution in [0.4, 0.5) is 24.3 Å². The van der Waals surface area contributed by atoms with Gasteiger partial charge in [0.25, 0.3) is 0 Å². The summed E-state index contributed by atoms with van der Waals surface area (Å²) in [5.74, 6) is 0. The molecule has 0 unspecified atom stereocenters. The van der Waals surface area contributed by atoms with Gasteiger partial charge in [-0.15, -0.1) is 5.46 Å². The Balaban J connectivity index is 3.14. The molecule has 0 amide bonds. The van der Waals surface area contributed by atoms with Crippen LogP contribution in [0.5, 0.6) is 0 Å². The van der Waals surface area contributed by atoms with Gasteiger partial charge in [-0.1, -0.05) is 12.1 Å². The van der Waals surface area contributed by atoms with Crippen molar-refractivity contribution >= 4 is 23.8 Å². The fraction of sp³-hybridized carbons (Fsp3) is 0. The maximum absolute atomic E-state index is 12.1. The van der Waals surface area contributed by atoms with Crippen molar-refractivity contribution in [2.45, 2.75) is 0 Å². The van der Waals surface area contributed by atoms with Crippen LogP contribution in [0.15, 0.2) is 18.2 Å². The first-order chi connectivity index (χ1) is 5.41. The van der Waals surface area contributed by atoms with Crippen molar-refractivity contribution in [1.82, 2.24) is 0 Å². The third-order valence-corrected chi connectivity index (χ3v) is 1.49. The van der Waals surface area contributed by atoms with Crippen molar-refractivity contribution in [2.75, 3.05) is 11.5 Å². The second-order valence-electron chi connectivity index (χ2n) is 2.46. The molecule has 6 heteroatoms. The lowest BCUT2D eigenvalue weighted by Crippen LogP contribution is -2.34. The Morgan fingerprint density at radius 1 is 1.00 bits per heavy atom. The van der Waals surface area contributed by atoms with Crippen LogP contribution in [0.25, 0.3) is 0 Å². The van der Waals surface area contributed by atoms with Gasteiger partial charge < -0.3 is 24.4 Å². The molecule has 0 aromatic heterocycles. The molecule has 0 aliphatic carbocycles. The minimum Gasteiger partial charge on any atom is -0.445 e. The highest BCUT2D eigenvalue weighted by atomic mass is 19.4. The summed E-state index contributed by atoms with van der Waals surface area (Å²) in [6, 6.07) is 2.92. The largest absolute Gasteiger partial charge is 0.509 e.